The van der Waals surface area contributed by atoms with Crippen LogP contribution in [0.15, 0.2) is 42.5 Å². The summed E-state index contributed by atoms with van der Waals surface area (Å²) in [6.45, 7) is 0.457. The average molecular weight is 435 g/mol. The number of piperidine rings is 1. The Bertz CT molecular complexity index is 1140. The van der Waals surface area contributed by atoms with Gasteiger partial charge in [-0.2, -0.15) is 0 Å². The Hall–Kier alpha value is -4.01. The van der Waals surface area contributed by atoms with Gasteiger partial charge < -0.3 is 15.3 Å². The number of carboxylic acids is 1. The van der Waals surface area contributed by atoms with Gasteiger partial charge in [-0.05, 0) is 35.2 Å². The Morgan fingerprint density at radius 3 is 2.62 bits per heavy atom. The molecule has 2 aliphatic heterocycles. The Labute approximate surface area is 183 Å². The number of hydrogen-bond acceptors (Lipinski definition) is 5. The molecule has 0 aliphatic carbocycles. The van der Waals surface area contributed by atoms with Crippen LogP contribution in [0.2, 0.25) is 0 Å². The number of amides is 4. The highest BCUT2D eigenvalue weighted by Gasteiger charge is 2.39. The summed E-state index contributed by atoms with van der Waals surface area (Å²) >= 11 is 0. The van der Waals surface area contributed by atoms with Gasteiger partial charge in [0.2, 0.25) is 11.8 Å². The predicted octanol–water partition coefficient (Wildman–Crippen LogP) is 1.00. The van der Waals surface area contributed by atoms with E-state index in [4.69, 9.17) is 5.11 Å². The lowest BCUT2D eigenvalue weighted by atomic mass is 10.0. The second kappa shape index (κ2) is 8.62. The number of carbonyl (C=O) groups excluding carboxylic acids is 4. The molecule has 2 aromatic rings. The highest BCUT2D eigenvalue weighted by Crippen LogP contribution is 2.28. The molecule has 164 valence electrons. The van der Waals surface area contributed by atoms with E-state index in [0.29, 0.717) is 16.7 Å². The number of carbonyl (C=O) groups is 5. The first kappa shape index (κ1) is 21.2. The highest BCUT2D eigenvalue weighted by atomic mass is 16.4. The summed E-state index contributed by atoms with van der Waals surface area (Å²) in [6.07, 6.45) is 0.356. The van der Waals surface area contributed by atoms with Gasteiger partial charge in [-0.3, -0.25) is 29.3 Å². The van der Waals surface area contributed by atoms with Crippen molar-refractivity contribution in [3.63, 3.8) is 0 Å². The van der Waals surface area contributed by atoms with Crippen molar-refractivity contribution in [2.45, 2.75) is 38.4 Å². The second-order valence-electron chi connectivity index (χ2n) is 7.85. The van der Waals surface area contributed by atoms with Gasteiger partial charge in [-0.1, -0.05) is 30.3 Å². The molecule has 2 aromatic carbocycles. The molecule has 0 radical (unpaired) electrons. The second-order valence-corrected chi connectivity index (χ2v) is 7.85. The minimum Gasteiger partial charge on any atom is -0.481 e. The number of hydrogen-bond donors (Lipinski definition) is 3. The van der Waals surface area contributed by atoms with Crippen LogP contribution >= 0.6 is 0 Å². The number of imide groups is 1. The maximum Gasteiger partial charge on any atom is 0.307 e. The molecule has 0 spiro atoms. The van der Waals surface area contributed by atoms with E-state index in [-0.39, 0.29) is 50.1 Å². The first-order valence-corrected chi connectivity index (χ1v) is 10.2. The van der Waals surface area contributed by atoms with Crippen LogP contribution in [-0.4, -0.2) is 45.6 Å². The molecule has 1 saturated heterocycles. The maximum absolute atomic E-state index is 12.9. The van der Waals surface area contributed by atoms with Gasteiger partial charge >= 0.3 is 5.97 Å². The lowest BCUT2D eigenvalue weighted by Gasteiger charge is -2.29. The molecule has 32 heavy (non-hydrogen) atoms. The van der Waals surface area contributed by atoms with Crippen LogP contribution in [0.25, 0.3) is 0 Å². The number of nitrogens with one attached hydrogen (secondary N) is 2. The largest absolute Gasteiger partial charge is 0.481 e. The van der Waals surface area contributed by atoms with Crippen molar-refractivity contribution >= 4 is 29.6 Å². The average Bonchev–Trinajstić information content (AvgIpc) is 3.07. The molecule has 4 amide bonds. The number of carboxylic acid groups (broad SMARTS) is 1. The molecule has 0 bridgehead atoms. The zero-order valence-electron chi connectivity index (χ0n) is 17.1. The molecule has 1 atom stereocenters. The summed E-state index contributed by atoms with van der Waals surface area (Å²) in [6, 6.07) is 11.1. The maximum atomic E-state index is 12.9. The van der Waals surface area contributed by atoms with Crippen molar-refractivity contribution in [3.05, 3.63) is 70.3 Å². The summed E-state index contributed by atoms with van der Waals surface area (Å²) in [5.74, 6) is -2.47. The SMILES string of the molecule is O=C(O)Cc1cccc(CNC(=O)c2ccc3c(c2)C(=O)N(C2CCC(=O)NC2=O)C3)c1. The molecular weight excluding hydrogens is 414 g/mol. The van der Waals surface area contributed by atoms with Gasteiger partial charge in [0, 0.05) is 30.6 Å². The molecule has 1 fully saturated rings. The molecule has 4 rings (SSSR count). The van der Waals surface area contributed by atoms with Gasteiger partial charge in [-0.15, -0.1) is 0 Å². The Kier molecular flexibility index (Phi) is 5.72. The fraction of sp³-hybridized carbons (Fsp3) is 0.261. The first-order valence-electron chi connectivity index (χ1n) is 10.2. The van der Waals surface area contributed by atoms with Gasteiger partial charge in [0.05, 0.1) is 6.42 Å². The van der Waals surface area contributed by atoms with E-state index in [0.717, 1.165) is 11.1 Å². The normalized spacial score (nSPS) is 17.7. The standard InChI is InChI=1S/C23H21N3O6/c27-19-7-6-18(22(31)25-19)26-12-16-5-4-15(10-17(16)23(26)32)21(30)24-11-14-3-1-2-13(8-14)9-20(28)29/h1-5,8,10,18H,6-7,9,11-12H2,(H,24,30)(H,28,29)(H,25,27,31). The van der Waals surface area contributed by atoms with Gasteiger partial charge in [0.1, 0.15) is 6.04 Å². The van der Waals surface area contributed by atoms with E-state index in [1.165, 1.54) is 11.0 Å². The molecular formula is C23H21N3O6. The summed E-state index contributed by atoms with van der Waals surface area (Å²) in [4.78, 5) is 61.3. The summed E-state index contributed by atoms with van der Waals surface area (Å²) in [7, 11) is 0. The number of benzene rings is 2. The number of nitrogens with zero attached hydrogens (tertiary/aromatic N) is 1. The summed E-state index contributed by atoms with van der Waals surface area (Å²) < 4.78 is 0. The zero-order chi connectivity index (χ0) is 22.8. The third kappa shape index (κ3) is 4.36. The molecule has 0 saturated carbocycles. The van der Waals surface area contributed by atoms with Gasteiger partial charge in [0.15, 0.2) is 0 Å². The van der Waals surface area contributed by atoms with Crippen LogP contribution in [0, 0.1) is 0 Å². The van der Waals surface area contributed by atoms with Crippen molar-refractivity contribution < 1.29 is 29.1 Å². The van der Waals surface area contributed by atoms with Crippen LogP contribution < -0.4 is 10.6 Å². The molecule has 3 N–H and O–H groups in total. The fourth-order valence-electron chi connectivity index (χ4n) is 4.00. The third-order valence-corrected chi connectivity index (χ3v) is 5.59. The Morgan fingerprint density at radius 1 is 1.09 bits per heavy atom. The minimum atomic E-state index is -0.930. The molecule has 1 unspecified atom stereocenters. The first-order chi connectivity index (χ1) is 15.3. The van der Waals surface area contributed by atoms with Crippen molar-refractivity contribution in [1.29, 1.82) is 0 Å². The monoisotopic (exact) mass is 435 g/mol. The van der Waals surface area contributed by atoms with Gasteiger partial charge in [-0.25, -0.2) is 0 Å². The number of aliphatic carboxylic acids is 1. The van der Waals surface area contributed by atoms with E-state index in [9.17, 15) is 24.0 Å². The van der Waals surface area contributed by atoms with Crippen LogP contribution in [0.4, 0.5) is 0 Å². The molecule has 0 aromatic heterocycles. The molecule has 2 heterocycles. The smallest absolute Gasteiger partial charge is 0.307 e. The van der Waals surface area contributed by atoms with E-state index in [2.05, 4.69) is 10.6 Å². The Morgan fingerprint density at radius 2 is 1.88 bits per heavy atom. The lowest BCUT2D eigenvalue weighted by molar-refractivity contribution is -0.137. The van der Waals surface area contributed by atoms with Crippen LogP contribution in [0.5, 0.6) is 0 Å². The third-order valence-electron chi connectivity index (χ3n) is 5.59. The fourth-order valence-corrected chi connectivity index (χ4v) is 4.00. The van der Waals surface area contributed by atoms with Crippen molar-refractivity contribution in [2.24, 2.45) is 0 Å². The van der Waals surface area contributed by atoms with E-state index in [1.807, 2.05) is 0 Å². The van der Waals surface area contributed by atoms with Crippen LogP contribution in [-0.2, 0) is 33.9 Å². The van der Waals surface area contributed by atoms with E-state index in [1.54, 1.807) is 36.4 Å². The van der Waals surface area contributed by atoms with Crippen molar-refractivity contribution in [2.75, 3.05) is 0 Å². The van der Waals surface area contributed by atoms with Crippen LogP contribution in [0.1, 0.15) is 50.2 Å². The highest BCUT2D eigenvalue weighted by molar-refractivity contribution is 6.06. The topological polar surface area (TPSA) is 133 Å². The van der Waals surface area contributed by atoms with Crippen molar-refractivity contribution in [3.8, 4) is 0 Å². The van der Waals surface area contributed by atoms with Crippen molar-refractivity contribution in [1.82, 2.24) is 15.5 Å². The quantitative estimate of drug-likeness (QED) is 0.580. The Balaban J connectivity index is 1.43. The number of rotatable bonds is 6. The number of fused-ring (bicyclic) bond motifs is 1. The van der Waals surface area contributed by atoms with E-state index >= 15 is 0 Å². The molecule has 2 aliphatic rings. The molecule has 9 nitrogen and oxygen atoms in total. The summed E-state index contributed by atoms with van der Waals surface area (Å²) in [5.41, 5.74) is 2.80. The minimum absolute atomic E-state index is 0.0988. The van der Waals surface area contributed by atoms with E-state index < -0.39 is 17.9 Å². The van der Waals surface area contributed by atoms with Crippen LogP contribution in [0.3, 0.4) is 0 Å². The lowest BCUT2D eigenvalue weighted by Crippen LogP contribution is -2.52. The predicted molar refractivity (Wildman–Crippen MR) is 111 cm³/mol. The zero-order valence-corrected chi connectivity index (χ0v) is 17.1. The molecule has 9 heteroatoms. The summed E-state index contributed by atoms with van der Waals surface area (Å²) in [5, 5.41) is 13.9. The van der Waals surface area contributed by atoms with Gasteiger partial charge in [0.25, 0.3) is 11.8 Å².